The molecule has 1 aromatic rings. The fourth-order valence-corrected chi connectivity index (χ4v) is 3.21. The van der Waals surface area contributed by atoms with Crippen LogP contribution in [0, 0.1) is 5.92 Å². The molecule has 0 saturated heterocycles. The van der Waals surface area contributed by atoms with Gasteiger partial charge in [0, 0.05) is 5.92 Å². The SMILES string of the molecule is CCC(C)C(=O)Nc1snc(C(C)C)c1SC(N)=O. The summed E-state index contributed by atoms with van der Waals surface area (Å²) in [6, 6.07) is 0. The third-order valence-corrected chi connectivity index (χ3v) is 4.44. The molecule has 0 aliphatic rings. The summed E-state index contributed by atoms with van der Waals surface area (Å²) in [6.07, 6.45) is 0.764. The minimum atomic E-state index is -0.499. The molecule has 0 bridgehead atoms. The van der Waals surface area contributed by atoms with Gasteiger partial charge in [-0.25, -0.2) is 0 Å². The van der Waals surface area contributed by atoms with Crippen molar-refractivity contribution in [2.75, 3.05) is 5.32 Å². The zero-order valence-electron chi connectivity index (χ0n) is 11.5. The van der Waals surface area contributed by atoms with E-state index in [1.54, 1.807) is 0 Å². The van der Waals surface area contributed by atoms with E-state index < -0.39 is 5.24 Å². The minimum absolute atomic E-state index is 0.0622. The van der Waals surface area contributed by atoms with Gasteiger partial charge in [-0.15, -0.1) is 0 Å². The third-order valence-electron chi connectivity index (χ3n) is 2.72. The molecule has 7 heteroatoms. The number of carbonyl (C=O) groups is 2. The standard InChI is InChI=1S/C12H19N3O2S2/c1-5-7(4)10(16)14-11-9(18-12(13)17)8(6(2)3)15-19-11/h6-7H,5H2,1-4H3,(H2,13,17)(H,14,16). The van der Waals surface area contributed by atoms with Crippen LogP contribution in [0.2, 0.25) is 0 Å². The van der Waals surface area contributed by atoms with Gasteiger partial charge in [0.25, 0.3) is 5.24 Å². The number of nitrogens with zero attached hydrogens (tertiary/aromatic N) is 1. The Kier molecular flexibility index (Phi) is 5.81. The molecule has 1 rings (SSSR count). The molecule has 0 radical (unpaired) electrons. The van der Waals surface area contributed by atoms with Gasteiger partial charge < -0.3 is 11.1 Å². The zero-order chi connectivity index (χ0) is 14.6. The van der Waals surface area contributed by atoms with Crippen molar-refractivity contribution < 1.29 is 9.59 Å². The van der Waals surface area contributed by atoms with E-state index in [-0.39, 0.29) is 17.7 Å². The Labute approximate surface area is 121 Å². The summed E-state index contributed by atoms with van der Waals surface area (Å²) in [5.74, 6) is 0.0381. The van der Waals surface area contributed by atoms with Crippen molar-refractivity contribution in [3.8, 4) is 0 Å². The normalized spacial score (nSPS) is 12.5. The number of nitrogens with two attached hydrogens (primary N) is 1. The van der Waals surface area contributed by atoms with Gasteiger partial charge in [-0.05, 0) is 35.6 Å². The van der Waals surface area contributed by atoms with Crippen LogP contribution in [0.25, 0.3) is 0 Å². The van der Waals surface area contributed by atoms with Crippen LogP contribution >= 0.6 is 23.3 Å². The summed E-state index contributed by atoms with van der Waals surface area (Å²) in [7, 11) is 0. The fraction of sp³-hybridized carbons (Fsp3) is 0.583. The number of carbonyl (C=O) groups excluding carboxylic acids is 2. The van der Waals surface area contributed by atoms with E-state index in [4.69, 9.17) is 5.73 Å². The van der Waals surface area contributed by atoms with Crippen LogP contribution < -0.4 is 11.1 Å². The zero-order valence-corrected chi connectivity index (χ0v) is 13.2. The summed E-state index contributed by atoms with van der Waals surface area (Å²) in [5, 5.41) is 2.94. The second kappa shape index (κ2) is 6.91. The molecule has 19 heavy (non-hydrogen) atoms. The van der Waals surface area contributed by atoms with Crippen molar-refractivity contribution in [3.05, 3.63) is 5.69 Å². The molecular weight excluding hydrogens is 282 g/mol. The van der Waals surface area contributed by atoms with Crippen LogP contribution in [-0.2, 0) is 4.79 Å². The number of hydrogen-bond donors (Lipinski definition) is 2. The number of hydrogen-bond acceptors (Lipinski definition) is 5. The maximum Gasteiger partial charge on any atom is 0.281 e. The largest absolute Gasteiger partial charge is 0.360 e. The Bertz CT molecular complexity index is 472. The first kappa shape index (κ1) is 16.0. The topological polar surface area (TPSA) is 85.1 Å². The summed E-state index contributed by atoms with van der Waals surface area (Å²) >= 11 is 2.11. The number of amides is 2. The molecule has 0 fully saturated rings. The number of primary amides is 1. The Morgan fingerprint density at radius 3 is 2.53 bits per heavy atom. The highest BCUT2D eigenvalue weighted by atomic mass is 32.2. The quantitative estimate of drug-likeness (QED) is 0.816. The first-order valence-electron chi connectivity index (χ1n) is 6.14. The van der Waals surface area contributed by atoms with Crippen LogP contribution in [0.3, 0.4) is 0 Å². The predicted octanol–water partition coefficient (Wildman–Crippen LogP) is 3.42. The second-order valence-corrected chi connectivity index (χ2v) is 6.39. The van der Waals surface area contributed by atoms with E-state index in [1.807, 2.05) is 27.7 Å². The Hall–Kier alpha value is -1.08. The average molecular weight is 301 g/mol. The molecule has 1 atom stereocenters. The number of thioether (sulfide) groups is 1. The lowest BCUT2D eigenvalue weighted by atomic mass is 10.1. The molecule has 0 aliphatic carbocycles. The molecular formula is C12H19N3O2S2. The number of anilines is 1. The van der Waals surface area contributed by atoms with Gasteiger partial charge in [0.15, 0.2) is 0 Å². The lowest BCUT2D eigenvalue weighted by Crippen LogP contribution is -2.19. The highest BCUT2D eigenvalue weighted by Crippen LogP contribution is 2.38. The lowest BCUT2D eigenvalue weighted by Gasteiger charge is -2.10. The van der Waals surface area contributed by atoms with Crippen molar-refractivity contribution in [2.24, 2.45) is 11.7 Å². The molecule has 1 aromatic heterocycles. The molecule has 1 heterocycles. The monoisotopic (exact) mass is 301 g/mol. The molecule has 0 saturated carbocycles. The fourth-order valence-electron chi connectivity index (χ4n) is 1.36. The highest BCUT2D eigenvalue weighted by molar-refractivity contribution is 8.13. The van der Waals surface area contributed by atoms with Gasteiger partial charge in [-0.2, -0.15) is 4.37 Å². The van der Waals surface area contributed by atoms with Gasteiger partial charge in [0.1, 0.15) is 5.00 Å². The van der Waals surface area contributed by atoms with Gasteiger partial charge in [0.2, 0.25) is 5.91 Å². The van der Waals surface area contributed by atoms with Gasteiger partial charge >= 0.3 is 0 Å². The Morgan fingerprint density at radius 1 is 1.42 bits per heavy atom. The predicted molar refractivity (Wildman–Crippen MR) is 79.7 cm³/mol. The lowest BCUT2D eigenvalue weighted by molar-refractivity contribution is -0.119. The smallest absolute Gasteiger partial charge is 0.281 e. The minimum Gasteiger partial charge on any atom is -0.360 e. The highest BCUT2D eigenvalue weighted by Gasteiger charge is 2.21. The second-order valence-electron chi connectivity index (χ2n) is 4.60. The van der Waals surface area contributed by atoms with E-state index in [1.165, 1.54) is 11.5 Å². The van der Waals surface area contributed by atoms with Crippen LogP contribution in [-0.4, -0.2) is 15.5 Å². The van der Waals surface area contributed by atoms with Gasteiger partial charge in [-0.3, -0.25) is 9.59 Å². The molecule has 1 unspecified atom stereocenters. The maximum absolute atomic E-state index is 11.9. The maximum atomic E-state index is 11.9. The Morgan fingerprint density at radius 2 is 2.05 bits per heavy atom. The molecule has 5 nitrogen and oxygen atoms in total. The average Bonchev–Trinajstić information content (AvgIpc) is 2.70. The summed E-state index contributed by atoms with van der Waals surface area (Å²) < 4.78 is 4.31. The molecule has 0 spiro atoms. The van der Waals surface area contributed by atoms with Gasteiger partial charge in [0.05, 0.1) is 10.6 Å². The summed E-state index contributed by atoms with van der Waals surface area (Å²) in [6.45, 7) is 7.79. The number of rotatable bonds is 5. The van der Waals surface area contributed by atoms with E-state index in [9.17, 15) is 9.59 Å². The van der Waals surface area contributed by atoms with E-state index in [0.29, 0.717) is 9.90 Å². The van der Waals surface area contributed by atoms with E-state index >= 15 is 0 Å². The van der Waals surface area contributed by atoms with Crippen LogP contribution in [0.5, 0.6) is 0 Å². The summed E-state index contributed by atoms with van der Waals surface area (Å²) in [5.41, 5.74) is 6.03. The van der Waals surface area contributed by atoms with Crippen LogP contribution in [0.4, 0.5) is 9.80 Å². The first-order valence-corrected chi connectivity index (χ1v) is 7.73. The molecule has 0 aliphatic heterocycles. The molecule has 3 N–H and O–H groups in total. The van der Waals surface area contributed by atoms with Crippen LogP contribution in [0.1, 0.15) is 45.7 Å². The third kappa shape index (κ3) is 4.21. The van der Waals surface area contributed by atoms with Gasteiger partial charge in [-0.1, -0.05) is 27.7 Å². The van der Waals surface area contributed by atoms with E-state index in [0.717, 1.165) is 23.9 Å². The van der Waals surface area contributed by atoms with Crippen molar-refractivity contribution >= 4 is 39.4 Å². The Balaban J connectivity index is 3.00. The molecule has 0 aromatic carbocycles. The first-order chi connectivity index (χ1) is 8.86. The number of nitrogens with one attached hydrogen (secondary N) is 1. The van der Waals surface area contributed by atoms with Crippen molar-refractivity contribution in [1.82, 2.24) is 4.37 Å². The van der Waals surface area contributed by atoms with E-state index in [2.05, 4.69) is 9.69 Å². The summed E-state index contributed by atoms with van der Waals surface area (Å²) in [4.78, 5) is 23.7. The van der Waals surface area contributed by atoms with Crippen LogP contribution in [0.15, 0.2) is 4.90 Å². The van der Waals surface area contributed by atoms with Crippen molar-refractivity contribution in [3.63, 3.8) is 0 Å². The number of aromatic nitrogens is 1. The molecule has 2 amide bonds. The molecule has 106 valence electrons. The van der Waals surface area contributed by atoms with Crippen molar-refractivity contribution in [2.45, 2.75) is 44.9 Å². The van der Waals surface area contributed by atoms with Crippen molar-refractivity contribution in [1.29, 1.82) is 0 Å².